The van der Waals surface area contributed by atoms with Crippen molar-refractivity contribution in [2.75, 3.05) is 7.11 Å². The molecule has 0 spiro atoms. The summed E-state index contributed by atoms with van der Waals surface area (Å²) >= 11 is 0. The SMILES string of the molecule is COc1cc(CCC(=O)NC(C)CCCC(C)(C)O)cc2c(C(=O)OC3CCC(C)CC3)coc12. The Morgan fingerprint density at radius 1 is 1.23 bits per heavy atom. The van der Waals surface area contributed by atoms with Gasteiger partial charge in [0.05, 0.1) is 12.7 Å². The molecule has 1 aliphatic rings. The van der Waals surface area contributed by atoms with Gasteiger partial charge in [-0.05, 0) is 95.8 Å². The highest BCUT2D eigenvalue weighted by atomic mass is 16.5. The lowest BCUT2D eigenvalue weighted by Gasteiger charge is -2.25. The molecule has 0 aliphatic heterocycles. The third-order valence-electron chi connectivity index (χ3n) is 6.85. The second-order valence-electron chi connectivity index (χ2n) is 10.8. The smallest absolute Gasteiger partial charge is 0.342 e. The number of carbonyl (C=O) groups excluding carboxylic acids is 2. The highest BCUT2D eigenvalue weighted by molar-refractivity contribution is 6.04. The molecule has 1 aromatic carbocycles. The minimum atomic E-state index is -0.686. The maximum Gasteiger partial charge on any atom is 0.342 e. The van der Waals surface area contributed by atoms with E-state index >= 15 is 0 Å². The van der Waals surface area contributed by atoms with Crippen molar-refractivity contribution in [3.63, 3.8) is 0 Å². The highest BCUT2D eigenvalue weighted by Gasteiger charge is 2.25. The summed E-state index contributed by atoms with van der Waals surface area (Å²) in [7, 11) is 1.56. The quantitative estimate of drug-likeness (QED) is 0.403. The molecule has 1 heterocycles. The molecule has 3 rings (SSSR count). The predicted molar refractivity (Wildman–Crippen MR) is 136 cm³/mol. The molecule has 1 unspecified atom stereocenters. The Hall–Kier alpha value is -2.54. The van der Waals surface area contributed by atoms with Gasteiger partial charge in [-0.1, -0.05) is 6.92 Å². The average molecular weight is 488 g/mol. The number of benzene rings is 1. The number of hydrogen-bond acceptors (Lipinski definition) is 6. The number of hydrogen-bond donors (Lipinski definition) is 2. The standard InChI is InChI=1S/C28H41NO6/c1-18-8-11-21(12-9-18)35-27(31)23-17-34-26-22(23)15-20(16-24(26)33-5)10-13-25(30)29-19(2)7-6-14-28(3,4)32/h15-19,21,32H,6-14H2,1-5H3,(H,29,30). The number of fused-ring (bicyclic) bond motifs is 1. The molecule has 0 radical (unpaired) electrons. The molecular weight excluding hydrogens is 446 g/mol. The Labute approximate surface area is 208 Å². The average Bonchev–Trinajstić information content (AvgIpc) is 3.22. The summed E-state index contributed by atoms with van der Waals surface area (Å²) in [6, 6.07) is 3.78. The number of rotatable bonds is 11. The first-order valence-corrected chi connectivity index (χ1v) is 12.9. The van der Waals surface area contributed by atoms with Crippen molar-refractivity contribution in [1.82, 2.24) is 5.32 Å². The highest BCUT2D eigenvalue weighted by Crippen LogP contribution is 2.33. The minimum absolute atomic E-state index is 0.0295. The summed E-state index contributed by atoms with van der Waals surface area (Å²) in [6.07, 6.45) is 8.50. The van der Waals surface area contributed by atoms with Crippen LogP contribution >= 0.6 is 0 Å². The Balaban J connectivity index is 1.61. The maximum absolute atomic E-state index is 12.9. The first kappa shape index (κ1) is 27.1. The Morgan fingerprint density at radius 3 is 2.60 bits per heavy atom. The Bertz CT molecular complexity index is 997. The third kappa shape index (κ3) is 7.99. The fraction of sp³-hybridized carbons (Fsp3) is 0.643. The van der Waals surface area contributed by atoms with Crippen LogP contribution in [0.5, 0.6) is 5.75 Å². The van der Waals surface area contributed by atoms with Gasteiger partial charge in [-0.2, -0.15) is 0 Å². The number of furan rings is 1. The molecule has 1 saturated carbocycles. The first-order valence-electron chi connectivity index (χ1n) is 12.9. The number of esters is 1. The zero-order chi connectivity index (χ0) is 25.6. The van der Waals surface area contributed by atoms with E-state index in [2.05, 4.69) is 12.2 Å². The summed E-state index contributed by atoms with van der Waals surface area (Å²) in [6.45, 7) is 7.80. The molecule has 7 heteroatoms. The maximum atomic E-state index is 12.9. The zero-order valence-electron chi connectivity index (χ0n) is 21.8. The summed E-state index contributed by atoms with van der Waals surface area (Å²) < 4.78 is 17.0. The lowest BCUT2D eigenvalue weighted by molar-refractivity contribution is -0.121. The molecule has 7 nitrogen and oxygen atoms in total. The van der Waals surface area contributed by atoms with Gasteiger partial charge in [0.1, 0.15) is 17.9 Å². The third-order valence-corrected chi connectivity index (χ3v) is 6.85. The summed E-state index contributed by atoms with van der Waals surface area (Å²) in [5, 5.41) is 13.5. The number of methoxy groups -OCH3 is 1. The van der Waals surface area contributed by atoms with E-state index in [1.54, 1.807) is 21.0 Å². The van der Waals surface area contributed by atoms with E-state index in [1.165, 1.54) is 6.26 Å². The lowest BCUT2D eigenvalue weighted by Crippen LogP contribution is -2.33. The van der Waals surface area contributed by atoms with Gasteiger partial charge in [0.25, 0.3) is 0 Å². The lowest BCUT2D eigenvalue weighted by atomic mass is 9.89. The van der Waals surface area contributed by atoms with Gasteiger partial charge in [0.15, 0.2) is 11.3 Å². The van der Waals surface area contributed by atoms with Crippen LogP contribution in [0.25, 0.3) is 11.0 Å². The van der Waals surface area contributed by atoms with E-state index in [9.17, 15) is 14.7 Å². The van der Waals surface area contributed by atoms with Crippen molar-refractivity contribution in [1.29, 1.82) is 0 Å². The molecule has 194 valence electrons. The molecule has 2 aromatic rings. The molecule has 1 atom stereocenters. The predicted octanol–water partition coefficient (Wildman–Crippen LogP) is 5.56. The molecule has 35 heavy (non-hydrogen) atoms. The largest absolute Gasteiger partial charge is 0.493 e. The van der Waals surface area contributed by atoms with E-state index in [1.807, 2.05) is 19.1 Å². The van der Waals surface area contributed by atoms with Crippen LogP contribution in [0.15, 0.2) is 22.8 Å². The van der Waals surface area contributed by atoms with Gasteiger partial charge in [-0.25, -0.2) is 4.79 Å². The van der Waals surface area contributed by atoms with E-state index < -0.39 is 5.60 Å². The van der Waals surface area contributed by atoms with Crippen LogP contribution in [0.3, 0.4) is 0 Å². The van der Waals surface area contributed by atoms with Crippen molar-refractivity contribution < 1.29 is 28.6 Å². The first-order chi connectivity index (χ1) is 16.6. The van der Waals surface area contributed by atoms with E-state index in [0.29, 0.717) is 47.5 Å². The Morgan fingerprint density at radius 2 is 1.94 bits per heavy atom. The second kappa shape index (κ2) is 11.9. The molecular formula is C28H41NO6. The number of amides is 1. The van der Waals surface area contributed by atoms with Crippen LogP contribution in [0.4, 0.5) is 0 Å². The molecule has 1 aromatic heterocycles. The number of ether oxygens (including phenoxy) is 2. The number of aryl methyl sites for hydroxylation is 1. The van der Waals surface area contributed by atoms with Gasteiger partial charge >= 0.3 is 5.97 Å². The Kier molecular flexibility index (Phi) is 9.22. The van der Waals surface area contributed by atoms with Crippen molar-refractivity contribution in [2.45, 2.75) is 103 Å². The van der Waals surface area contributed by atoms with Crippen LogP contribution in [0.2, 0.25) is 0 Å². The van der Waals surface area contributed by atoms with Crippen LogP contribution in [0, 0.1) is 5.92 Å². The van der Waals surface area contributed by atoms with E-state index in [-0.39, 0.29) is 24.0 Å². The molecule has 1 aliphatic carbocycles. The number of carbonyl (C=O) groups is 2. The molecule has 2 N–H and O–H groups in total. The van der Waals surface area contributed by atoms with Gasteiger partial charge in [0, 0.05) is 17.8 Å². The number of aliphatic hydroxyl groups is 1. The van der Waals surface area contributed by atoms with Gasteiger partial charge in [-0.3, -0.25) is 4.79 Å². The number of nitrogens with one attached hydrogen (secondary N) is 1. The van der Waals surface area contributed by atoms with Crippen LogP contribution in [-0.2, 0) is 16.0 Å². The zero-order valence-corrected chi connectivity index (χ0v) is 21.8. The van der Waals surface area contributed by atoms with E-state index in [4.69, 9.17) is 13.9 Å². The summed E-state index contributed by atoms with van der Waals surface area (Å²) in [5.41, 5.74) is 1.10. The minimum Gasteiger partial charge on any atom is -0.493 e. The van der Waals surface area contributed by atoms with Gasteiger partial charge in [0.2, 0.25) is 5.91 Å². The van der Waals surface area contributed by atoms with Crippen LogP contribution in [0.1, 0.15) is 95.0 Å². The molecule has 0 bridgehead atoms. The fourth-order valence-electron chi connectivity index (χ4n) is 4.70. The fourth-order valence-corrected chi connectivity index (χ4v) is 4.70. The van der Waals surface area contributed by atoms with E-state index in [0.717, 1.165) is 44.1 Å². The van der Waals surface area contributed by atoms with Gasteiger partial charge in [-0.15, -0.1) is 0 Å². The van der Waals surface area contributed by atoms with Crippen LogP contribution < -0.4 is 10.1 Å². The topological polar surface area (TPSA) is 98.0 Å². The van der Waals surface area contributed by atoms with Crippen LogP contribution in [-0.4, -0.2) is 41.8 Å². The van der Waals surface area contributed by atoms with Crippen molar-refractivity contribution in [2.24, 2.45) is 5.92 Å². The monoisotopic (exact) mass is 487 g/mol. The summed E-state index contributed by atoms with van der Waals surface area (Å²) in [4.78, 5) is 25.4. The van der Waals surface area contributed by atoms with Crippen molar-refractivity contribution in [3.05, 3.63) is 29.5 Å². The van der Waals surface area contributed by atoms with Crippen molar-refractivity contribution >= 4 is 22.8 Å². The summed E-state index contributed by atoms with van der Waals surface area (Å²) in [5.74, 6) is 0.807. The molecule has 1 fully saturated rings. The molecule has 1 amide bonds. The molecule has 0 saturated heterocycles. The van der Waals surface area contributed by atoms with Gasteiger partial charge < -0.3 is 24.3 Å². The second-order valence-corrected chi connectivity index (χ2v) is 10.8. The van der Waals surface area contributed by atoms with Crippen molar-refractivity contribution in [3.8, 4) is 5.75 Å². The normalized spacial score (nSPS) is 19.4.